The summed E-state index contributed by atoms with van der Waals surface area (Å²) >= 11 is 0. The number of anilines is 1. The van der Waals surface area contributed by atoms with Crippen molar-refractivity contribution < 1.29 is 9.47 Å². The van der Waals surface area contributed by atoms with E-state index in [9.17, 15) is 0 Å². The highest BCUT2D eigenvalue weighted by molar-refractivity contribution is 5.27. The van der Waals surface area contributed by atoms with E-state index in [0.29, 0.717) is 25.2 Å². The molecule has 1 aromatic rings. The summed E-state index contributed by atoms with van der Waals surface area (Å²) in [5, 5.41) is 3.10. The maximum Gasteiger partial charge on any atom is 0.324 e. The lowest BCUT2D eigenvalue weighted by Crippen LogP contribution is -2.20. The second-order valence-corrected chi connectivity index (χ2v) is 4.24. The molecular weight excluding hydrogens is 246 g/mol. The van der Waals surface area contributed by atoms with Crippen LogP contribution in [0.3, 0.4) is 0 Å². The first kappa shape index (κ1) is 15.4. The van der Waals surface area contributed by atoms with Gasteiger partial charge in [0.1, 0.15) is 6.61 Å². The van der Waals surface area contributed by atoms with E-state index in [1.807, 2.05) is 25.9 Å². The molecule has 0 amide bonds. The normalized spacial score (nSPS) is 10.6. The van der Waals surface area contributed by atoms with Gasteiger partial charge in [0.25, 0.3) is 0 Å². The molecule has 0 saturated carbocycles. The Morgan fingerprint density at radius 3 is 2.32 bits per heavy atom. The molecule has 108 valence electrons. The summed E-state index contributed by atoms with van der Waals surface area (Å²) in [5.74, 6) is 0.486. The lowest BCUT2D eigenvalue weighted by atomic mass is 10.5. The lowest BCUT2D eigenvalue weighted by Gasteiger charge is -2.11. The summed E-state index contributed by atoms with van der Waals surface area (Å²) in [6.07, 6.45) is 0.993. The van der Waals surface area contributed by atoms with Crippen molar-refractivity contribution in [3.05, 3.63) is 0 Å². The van der Waals surface area contributed by atoms with Crippen LogP contribution in [-0.2, 0) is 0 Å². The van der Waals surface area contributed by atoms with Crippen LogP contribution in [0.5, 0.6) is 12.0 Å². The summed E-state index contributed by atoms with van der Waals surface area (Å²) in [4.78, 5) is 14.5. The van der Waals surface area contributed by atoms with Crippen LogP contribution >= 0.6 is 0 Å². The molecule has 7 heteroatoms. The molecule has 0 bridgehead atoms. The average Bonchev–Trinajstić information content (AvgIpc) is 2.36. The second kappa shape index (κ2) is 8.47. The van der Waals surface area contributed by atoms with Gasteiger partial charge in [0.05, 0.1) is 6.61 Å². The molecule has 7 nitrogen and oxygen atoms in total. The SMILES string of the molecule is CCCNc1nc(OCC)nc(OCCN(C)C)n1. The third-order valence-corrected chi connectivity index (χ3v) is 2.17. The molecule has 0 atom stereocenters. The van der Waals surface area contributed by atoms with Crippen molar-refractivity contribution in [1.82, 2.24) is 19.9 Å². The van der Waals surface area contributed by atoms with Crippen LogP contribution in [-0.4, -0.2) is 60.3 Å². The van der Waals surface area contributed by atoms with Crippen LogP contribution < -0.4 is 14.8 Å². The van der Waals surface area contributed by atoms with Gasteiger partial charge in [-0.05, 0) is 27.4 Å². The van der Waals surface area contributed by atoms with Gasteiger partial charge in [0.2, 0.25) is 5.95 Å². The number of ether oxygens (including phenoxy) is 2. The van der Waals surface area contributed by atoms with E-state index in [2.05, 4.69) is 27.2 Å². The van der Waals surface area contributed by atoms with Gasteiger partial charge in [-0.1, -0.05) is 6.92 Å². The molecule has 0 unspecified atom stereocenters. The molecule has 0 saturated heterocycles. The van der Waals surface area contributed by atoms with E-state index in [4.69, 9.17) is 9.47 Å². The number of hydrogen-bond acceptors (Lipinski definition) is 7. The standard InChI is InChI=1S/C12H23N5O2/c1-5-7-13-10-14-11(18-6-2)16-12(15-10)19-9-8-17(3)4/h5-9H2,1-4H3,(H,13,14,15,16). The molecule has 1 N–H and O–H groups in total. The van der Waals surface area contributed by atoms with Gasteiger partial charge < -0.3 is 19.7 Å². The Hall–Kier alpha value is -1.63. The van der Waals surface area contributed by atoms with Crippen LogP contribution in [0.1, 0.15) is 20.3 Å². The van der Waals surface area contributed by atoms with Crippen LogP contribution in [0.25, 0.3) is 0 Å². The van der Waals surface area contributed by atoms with Gasteiger partial charge in [0.15, 0.2) is 0 Å². The molecule has 0 aliphatic rings. The minimum absolute atomic E-state index is 0.288. The maximum absolute atomic E-state index is 5.50. The number of rotatable bonds is 9. The monoisotopic (exact) mass is 269 g/mol. The smallest absolute Gasteiger partial charge is 0.324 e. The molecule has 0 aromatic carbocycles. The Morgan fingerprint density at radius 2 is 1.74 bits per heavy atom. The van der Waals surface area contributed by atoms with Crippen LogP contribution in [0.4, 0.5) is 5.95 Å². The quantitative estimate of drug-likeness (QED) is 0.718. The number of hydrogen-bond donors (Lipinski definition) is 1. The van der Waals surface area contributed by atoms with Crippen LogP contribution in [0.15, 0.2) is 0 Å². The van der Waals surface area contributed by atoms with E-state index in [0.717, 1.165) is 19.5 Å². The highest BCUT2D eigenvalue weighted by atomic mass is 16.5. The Bertz CT molecular complexity index is 373. The predicted octanol–water partition coefficient (Wildman–Crippen LogP) is 1.03. The molecule has 1 heterocycles. The molecule has 0 radical (unpaired) electrons. The van der Waals surface area contributed by atoms with Crippen molar-refractivity contribution in [2.75, 3.05) is 45.7 Å². The molecule has 19 heavy (non-hydrogen) atoms. The summed E-state index contributed by atoms with van der Waals surface area (Å²) in [6, 6.07) is 0.579. The zero-order chi connectivity index (χ0) is 14.1. The first-order chi connectivity index (χ1) is 9.15. The van der Waals surface area contributed by atoms with E-state index in [1.165, 1.54) is 0 Å². The number of likely N-dealkylation sites (N-methyl/N-ethyl adjacent to an activating group) is 1. The van der Waals surface area contributed by atoms with E-state index < -0.39 is 0 Å². The van der Waals surface area contributed by atoms with E-state index in [-0.39, 0.29) is 6.01 Å². The molecule has 1 rings (SSSR count). The number of nitrogens with one attached hydrogen (secondary N) is 1. The fraction of sp³-hybridized carbons (Fsp3) is 0.750. The Morgan fingerprint density at radius 1 is 1.05 bits per heavy atom. The molecule has 0 aliphatic carbocycles. The summed E-state index contributed by atoms with van der Waals surface area (Å²) in [6.45, 7) is 6.59. The first-order valence-electron chi connectivity index (χ1n) is 6.56. The van der Waals surface area contributed by atoms with Gasteiger partial charge in [0, 0.05) is 13.1 Å². The largest absolute Gasteiger partial charge is 0.464 e. The summed E-state index contributed by atoms with van der Waals surface area (Å²) in [7, 11) is 3.97. The maximum atomic E-state index is 5.50. The minimum Gasteiger partial charge on any atom is -0.464 e. The zero-order valence-corrected chi connectivity index (χ0v) is 12.1. The van der Waals surface area contributed by atoms with Crippen molar-refractivity contribution in [3.8, 4) is 12.0 Å². The van der Waals surface area contributed by atoms with Crippen molar-refractivity contribution in [2.45, 2.75) is 20.3 Å². The Labute approximate surface area is 114 Å². The third-order valence-electron chi connectivity index (χ3n) is 2.17. The topological polar surface area (TPSA) is 72.4 Å². The Kier molecular flexibility index (Phi) is 6.88. The predicted molar refractivity (Wildman–Crippen MR) is 73.8 cm³/mol. The van der Waals surface area contributed by atoms with Crippen LogP contribution in [0.2, 0.25) is 0 Å². The second-order valence-electron chi connectivity index (χ2n) is 4.24. The highest BCUT2D eigenvalue weighted by Gasteiger charge is 2.08. The van der Waals surface area contributed by atoms with Gasteiger partial charge in [-0.3, -0.25) is 0 Å². The molecule has 0 aliphatic heterocycles. The molecular formula is C12H23N5O2. The van der Waals surface area contributed by atoms with Crippen molar-refractivity contribution in [1.29, 1.82) is 0 Å². The lowest BCUT2D eigenvalue weighted by molar-refractivity contribution is 0.237. The minimum atomic E-state index is 0.288. The zero-order valence-electron chi connectivity index (χ0n) is 12.1. The molecule has 0 spiro atoms. The highest BCUT2D eigenvalue weighted by Crippen LogP contribution is 2.12. The van der Waals surface area contributed by atoms with Crippen molar-refractivity contribution >= 4 is 5.95 Å². The van der Waals surface area contributed by atoms with E-state index in [1.54, 1.807) is 0 Å². The summed E-state index contributed by atoms with van der Waals surface area (Å²) < 4.78 is 10.8. The number of nitrogens with zero attached hydrogens (tertiary/aromatic N) is 4. The average molecular weight is 269 g/mol. The third kappa shape index (κ3) is 6.19. The van der Waals surface area contributed by atoms with Crippen molar-refractivity contribution in [3.63, 3.8) is 0 Å². The fourth-order valence-electron chi connectivity index (χ4n) is 1.23. The fourth-order valence-corrected chi connectivity index (χ4v) is 1.23. The Balaban J connectivity index is 2.68. The van der Waals surface area contributed by atoms with Crippen LogP contribution in [0, 0.1) is 0 Å². The summed E-state index contributed by atoms with van der Waals surface area (Å²) in [5.41, 5.74) is 0. The van der Waals surface area contributed by atoms with Gasteiger partial charge >= 0.3 is 12.0 Å². The first-order valence-corrected chi connectivity index (χ1v) is 6.56. The number of aromatic nitrogens is 3. The molecule has 0 fully saturated rings. The van der Waals surface area contributed by atoms with E-state index >= 15 is 0 Å². The molecule has 1 aromatic heterocycles. The van der Waals surface area contributed by atoms with Gasteiger partial charge in [-0.15, -0.1) is 4.98 Å². The van der Waals surface area contributed by atoms with Crippen molar-refractivity contribution in [2.24, 2.45) is 0 Å². The van der Waals surface area contributed by atoms with Gasteiger partial charge in [-0.25, -0.2) is 0 Å². The van der Waals surface area contributed by atoms with Gasteiger partial charge in [-0.2, -0.15) is 9.97 Å².